The molecule has 2 heterocycles. The minimum atomic E-state index is -0.162. The van der Waals surface area contributed by atoms with E-state index in [4.69, 9.17) is 33.3 Å². The van der Waals surface area contributed by atoms with Gasteiger partial charge >= 0.3 is 0 Å². The molecule has 1 saturated heterocycles. The minimum absolute atomic E-state index is 0.162. The van der Waals surface area contributed by atoms with Gasteiger partial charge in [0.05, 0.1) is 10.6 Å². The summed E-state index contributed by atoms with van der Waals surface area (Å²) >= 11 is 12.6. The lowest BCUT2D eigenvalue weighted by Gasteiger charge is -2.14. The maximum atomic E-state index is 12.7. The summed E-state index contributed by atoms with van der Waals surface area (Å²) in [4.78, 5) is 14.8. The maximum absolute atomic E-state index is 12.7. The van der Waals surface area contributed by atoms with E-state index in [1.165, 1.54) is 16.7 Å². The van der Waals surface area contributed by atoms with Crippen molar-refractivity contribution in [2.75, 3.05) is 11.7 Å². The fourth-order valence-electron chi connectivity index (χ4n) is 2.46. The van der Waals surface area contributed by atoms with Crippen LogP contribution in [0.4, 0.5) is 5.69 Å². The number of halogens is 1. The van der Waals surface area contributed by atoms with Crippen molar-refractivity contribution < 1.29 is 14.3 Å². The van der Waals surface area contributed by atoms with Crippen LogP contribution in [-0.2, 0) is 4.79 Å². The van der Waals surface area contributed by atoms with Crippen molar-refractivity contribution in [2.24, 2.45) is 0 Å². The van der Waals surface area contributed by atoms with E-state index in [0.29, 0.717) is 31.4 Å². The zero-order chi connectivity index (χ0) is 16.7. The standard InChI is InChI=1S/C17H10ClNO3S2/c18-11-2-1-3-12(8-11)19-16(20)15(24-17(19)23)7-10-4-5-13-14(6-10)22-9-21-13/h1-8H,9H2. The fourth-order valence-corrected chi connectivity index (χ4v) is 3.94. The second kappa shape index (κ2) is 6.12. The van der Waals surface area contributed by atoms with Crippen LogP contribution >= 0.6 is 35.6 Å². The first-order valence-corrected chi connectivity index (χ1v) is 8.65. The van der Waals surface area contributed by atoms with Crippen molar-refractivity contribution in [1.29, 1.82) is 0 Å². The van der Waals surface area contributed by atoms with E-state index in [1.54, 1.807) is 30.3 Å². The number of thioether (sulfide) groups is 1. The lowest BCUT2D eigenvalue weighted by Crippen LogP contribution is -2.27. The van der Waals surface area contributed by atoms with Gasteiger partial charge in [-0.3, -0.25) is 9.69 Å². The summed E-state index contributed by atoms with van der Waals surface area (Å²) in [7, 11) is 0. The molecular formula is C17H10ClNO3S2. The molecule has 7 heteroatoms. The van der Waals surface area contributed by atoms with Crippen molar-refractivity contribution in [3.05, 3.63) is 58.0 Å². The van der Waals surface area contributed by atoms with Crippen LogP contribution in [0, 0.1) is 0 Å². The van der Waals surface area contributed by atoms with Crippen LogP contribution in [0.1, 0.15) is 5.56 Å². The Labute approximate surface area is 153 Å². The third-order valence-corrected chi connectivity index (χ3v) is 5.09. The highest BCUT2D eigenvalue weighted by molar-refractivity contribution is 8.27. The number of amides is 1. The largest absolute Gasteiger partial charge is 0.454 e. The summed E-state index contributed by atoms with van der Waals surface area (Å²) in [6, 6.07) is 12.6. The predicted octanol–water partition coefficient (Wildman–Crippen LogP) is 4.47. The number of nitrogens with zero attached hydrogens (tertiary/aromatic N) is 1. The molecule has 24 heavy (non-hydrogen) atoms. The third-order valence-electron chi connectivity index (χ3n) is 3.55. The quantitative estimate of drug-likeness (QED) is 0.571. The van der Waals surface area contributed by atoms with Crippen LogP contribution < -0.4 is 14.4 Å². The Morgan fingerprint density at radius 1 is 1.17 bits per heavy atom. The van der Waals surface area contributed by atoms with Gasteiger partial charge in [0.25, 0.3) is 5.91 Å². The number of carbonyl (C=O) groups excluding carboxylic acids is 1. The molecule has 4 rings (SSSR count). The molecule has 0 unspecified atom stereocenters. The van der Waals surface area contributed by atoms with Gasteiger partial charge in [0.15, 0.2) is 15.8 Å². The highest BCUT2D eigenvalue weighted by Crippen LogP contribution is 2.38. The molecule has 4 nitrogen and oxygen atoms in total. The fraction of sp³-hybridized carbons (Fsp3) is 0.0588. The normalized spacial score (nSPS) is 17.9. The highest BCUT2D eigenvalue weighted by Gasteiger charge is 2.33. The van der Waals surface area contributed by atoms with Gasteiger partial charge in [-0.2, -0.15) is 0 Å². The Balaban J connectivity index is 1.66. The molecule has 0 aromatic heterocycles. The summed E-state index contributed by atoms with van der Waals surface area (Å²) in [5.41, 5.74) is 1.52. The second-order valence-electron chi connectivity index (χ2n) is 5.11. The van der Waals surface area contributed by atoms with E-state index in [1.807, 2.05) is 18.2 Å². The van der Waals surface area contributed by atoms with Gasteiger partial charge in [-0.1, -0.05) is 47.7 Å². The first-order chi connectivity index (χ1) is 11.6. The number of hydrogen-bond donors (Lipinski definition) is 0. The molecule has 2 aliphatic rings. The number of hydrogen-bond acceptors (Lipinski definition) is 5. The highest BCUT2D eigenvalue weighted by atomic mass is 35.5. The average molecular weight is 376 g/mol. The molecule has 2 aliphatic heterocycles. The van der Waals surface area contributed by atoms with E-state index in [0.717, 1.165) is 5.56 Å². The first kappa shape index (κ1) is 15.5. The van der Waals surface area contributed by atoms with Crippen LogP contribution in [0.25, 0.3) is 6.08 Å². The molecule has 0 radical (unpaired) electrons. The van der Waals surface area contributed by atoms with Gasteiger partial charge < -0.3 is 9.47 Å². The molecule has 120 valence electrons. The van der Waals surface area contributed by atoms with Gasteiger partial charge in [-0.25, -0.2) is 0 Å². The molecule has 0 atom stereocenters. The Bertz CT molecular complexity index is 897. The summed E-state index contributed by atoms with van der Waals surface area (Å²) in [5.74, 6) is 1.22. The smallest absolute Gasteiger partial charge is 0.270 e. The summed E-state index contributed by atoms with van der Waals surface area (Å²) in [6.07, 6.45) is 1.80. The van der Waals surface area contributed by atoms with Gasteiger partial charge in [0, 0.05) is 5.02 Å². The molecule has 2 aromatic rings. The van der Waals surface area contributed by atoms with E-state index in [-0.39, 0.29) is 12.7 Å². The molecule has 2 aromatic carbocycles. The first-order valence-electron chi connectivity index (χ1n) is 7.05. The molecule has 0 bridgehead atoms. The van der Waals surface area contributed by atoms with E-state index >= 15 is 0 Å². The Morgan fingerprint density at radius 3 is 2.83 bits per heavy atom. The average Bonchev–Trinajstić information content (AvgIpc) is 3.12. The topological polar surface area (TPSA) is 38.8 Å². The molecular weight excluding hydrogens is 366 g/mol. The van der Waals surface area contributed by atoms with Crippen molar-refractivity contribution in [3.63, 3.8) is 0 Å². The van der Waals surface area contributed by atoms with Crippen LogP contribution in [0.2, 0.25) is 5.02 Å². The predicted molar refractivity (Wildman–Crippen MR) is 99.7 cm³/mol. The van der Waals surface area contributed by atoms with Crippen molar-refractivity contribution in [3.8, 4) is 11.5 Å². The zero-order valence-corrected chi connectivity index (χ0v) is 14.6. The van der Waals surface area contributed by atoms with Crippen molar-refractivity contribution in [2.45, 2.75) is 0 Å². The monoisotopic (exact) mass is 375 g/mol. The molecule has 0 spiro atoms. The minimum Gasteiger partial charge on any atom is -0.454 e. The van der Waals surface area contributed by atoms with Crippen LogP contribution in [-0.4, -0.2) is 17.0 Å². The molecule has 1 fully saturated rings. The molecule has 0 aliphatic carbocycles. The maximum Gasteiger partial charge on any atom is 0.270 e. The SMILES string of the molecule is O=C1C(=Cc2ccc3c(c2)OCO3)SC(=S)N1c1cccc(Cl)c1. The zero-order valence-electron chi connectivity index (χ0n) is 12.2. The number of thiocarbonyl (C=S) groups is 1. The van der Waals surface area contributed by atoms with E-state index in [2.05, 4.69) is 0 Å². The number of fused-ring (bicyclic) bond motifs is 1. The van der Waals surface area contributed by atoms with E-state index < -0.39 is 0 Å². The Kier molecular flexibility index (Phi) is 3.96. The summed E-state index contributed by atoms with van der Waals surface area (Å²) < 4.78 is 11.1. The molecule has 1 amide bonds. The number of rotatable bonds is 2. The number of anilines is 1. The summed E-state index contributed by atoms with van der Waals surface area (Å²) in [5, 5.41) is 0.557. The van der Waals surface area contributed by atoms with Crippen molar-refractivity contribution in [1.82, 2.24) is 0 Å². The van der Waals surface area contributed by atoms with Gasteiger partial charge in [-0.15, -0.1) is 0 Å². The van der Waals surface area contributed by atoms with Crippen LogP contribution in [0.3, 0.4) is 0 Å². The Hall–Kier alpha value is -2.02. The Morgan fingerprint density at radius 2 is 2.00 bits per heavy atom. The van der Waals surface area contributed by atoms with Gasteiger partial charge in [0.2, 0.25) is 6.79 Å². The third kappa shape index (κ3) is 2.77. The van der Waals surface area contributed by atoms with Gasteiger partial charge in [-0.05, 0) is 42.0 Å². The second-order valence-corrected chi connectivity index (χ2v) is 7.22. The lowest BCUT2D eigenvalue weighted by atomic mass is 10.2. The van der Waals surface area contributed by atoms with E-state index in [9.17, 15) is 4.79 Å². The summed E-state index contributed by atoms with van der Waals surface area (Å²) in [6.45, 7) is 0.218. The van der Waals surface area contributed by atoms with Gasteiger partial charge in [0.1, 0.15) is 0 Å². The van der Waals surface area contributed by atoms with Crippen molar-refractivity contribution >= 4 is 57.6 Å². The lowest BCUT2D eigenvalue weighted by molar-refractivity contribution is -0.113. The van der Waals surface area contributed by atoms with Crippen LogP contribution in [0.5, 0.6) is 11.5 Å². The number of carbonyl (C=O) groups is 1. The van der Waals surface area contributed by atoms with Crippen LogP contribution in [0.15, 0.2) is 47.4 Å². The number of ether oxygens (including phenoxy) is 2. The number of benzene rings is 2. The molecule has 0 saturated carbocycles. The molecule has 0 N–H and O–H groups in total.